The van der Waals surface area contributed by atoms with Crippen LogP contribution in [0.1, 0.15) is 16.7 Å². The molecule has 2 aromatic rings. The molecule has 0 unspecified atom stereocenters. The van der Waals surface area contributed by atoms with Gasteiger partial charge in [0.1, 0.15) is 10.7 Å². The number of halogens is 1. The lowest BCUT2D eigenvalue weighted by Crippen LogP contribution is -2.25. The fourth-order valence-electron chi connectivity index (χ4n) is 1.91. The Hall–Kier alpha value is -1.99. The Morgan fingerprint density at radius 1 is 1.29 bits per heavy atom. The third kappa shape index (κ3) is 3.37. The number of sulfonamides is 1. The van der Waals surface area contributed by atoms with Crippen LogP contribution in [0.2, 0.25) is 0 Å². The highest BCUT2D eigenvalue weighted by atomic mass is 32.2. The van der Waals surface area contributed by atoms with E-state index in [1.165, 1.54) is 13.0 Å². The largest absolute Gasteiger partial charge is 0.399 e. The maximum absolute atomic E-state index is 14.0. The van der Waals surface area contributed by atoms with Crippen molar-refractivity contribution in [3.8, 4) is 0 Å². The Bertz CT molecular complexity index is 776. The summed E-state index contributed by atoms with van der Waals surface area (Å²) in [5.41, 5.74) is 7.61. The van der Waals surface area contributed by atoms with Gasteiger partial charge in [0.05, 0.1) is 0 Å². The number of nitrogens with one attached hydrogen (secondary N) is 1. The van der Waals surface area contributed by atoms with Crippen LogP contribution < -0.4 is 10.5 Å². The summed E-state index contributed by atoms with van der Waals surface area (Å²) >= 11 is 0. The first kappa shape index (κ1) is 15.4. The van der Waals surface area contributed by atoms with E-state index in [4.69, 9.17) is 5.73 Å². The van der Waals surface area contributed by atoms with Gasteiger partial charge in [-0.2, -0.15) is 0 Å². The molecular weight excluding hydrogens is 293 g/mol. The fraction of sp³-hybridized carbons (Fsp3) is 0.214. The minimum absolute atomic E-state index is 0.0595. The van der Waals surface area contributed by atoms with Crippen LogP contribution >= 0.6 is 0 Å². The molecule has 0 saturated carbocycles. The summed E-state index contributed by atoms with van der Waals surface area (Å²) in [6.45, 7) is 3.35. The summed E-state index contributed by atoms with van der Waals surface area (Å²) in [5, 5.41) is 0. The molecule has 7 heteroatoms. The smallest absolute Gasteiger partial charge is 0.243 e. The van der Waals surface area contributed by atoms with Crippen molar-refractivity contribution in [3.05, 3.63) is 53.1 Å². The van der Waals surface area contributed by atoms with E-state index in [1.54, 1.807) is 18.5 Å². The van der Waals surface area contributed by atoms with Crippen molar-refractivity contribution in [2.24, 2.45) is 0 Å². The molecule has 0 bridgehead atoms. The molecule has 1 heterocycles. The van der Waals surface area contributed by atoms with E-state index >= 15 is 0 Å². The SMILES string of the molecule is Cc1cnccc1CNS(=O)(=O)c1cc(N)cc(C)c1F. The van der Waals surface area contributed by atoms with Crippen molar-refractivity contribution < 1.29 is 12.8 Å². The molecule has 1 aromatic carbocycles. The average molecular weight is 309 g/mol. The number of hydrogen-bond acceptors (Lipinski definition) is 4. The lowest BCUT2D eigenvalue weighted by atomic mass is 10.2. The second kappa shape index (κ2) is 5.79. The van der Waals surface area contributed by atoms with Crippen molar-refractivity contribution in [3.63, 3.8) is 0 Å². The van der Waals surface area contributed by atoms with E-state index < -0.39 is 20.7 Å². The molecule has 0 fully saturated rings. The lowest BCUT2D eigenvalue weighted by molar-refractivity contribution is 0.553. The number of hydrogen-bond donors (Lipinski definition) is 2. The van der Waals surface area contributed by atoms with Gasteiger partial charge in [-0.1, -0.05) is 0 Å². The molecule has 2 rings (SSSR count). The number of nitrogens with zero attached hydrogens (tertiary/aromatic N) is 1. The number of pyridine rings is 1. The van der Waals surface area contributed by atoms with Crippen LogP contribution in [-0.2, 0) is 16.6 Å². The molecule has 1 aromatic heterocycles. The molecule has 21 heavy (non-hydrogen) atoms. The maximum atomic E-state index is 14.0. The summed E-state index contributed by atoms with van der Waals surface area (Å²) in [7, 11) is -3.98. The summed E-state index contributed by atoms with van der Waals surface area (Å²) in [4.78, 5) is 3.49. The van der Waals surface area contributed by atoms with Crippen LogP contribution in [0.15, 0.2) is 35.5 Å². The molecule has 0 amide bonds. The highest BCUT2D eigenvalue weighted by Gasteiger charge is 2.21. The lowest BCUT2D eigenvalue weighted by Gasteiger charge is -2.11. The van der Waals surface area contributed by atoms with E-state index in [9.17, 15) is 12.8 Å². The van der Waals surface area contributed by atoms with Crippen molar-refractivity contribution >= 4 is 15.7 Å². The zero-order valence-electron chi connectivity index (χ0n) is 11.7. The summed E-state index contributed by atoms with van der Waals surface area (Å²) < 4.78 is 40.8. The second-order valence-corrected chi connectivity index (χ2v) is 6.51. The van der Waals surface area contributed by atoms with Crippen LogP contribution in [0.3, 0.4) is 0 Å². The van der Waals surface area contributed by atoms with Crippen LogP contribution in [0, 0.1) is 19.7 Å². The first-order chi connectivity index (χ1) is 9.81. The van der Waals surface area contributed by atoms with E-state index in [0.717, 1.165) is 17.2 Å². The van der Waals surface area contributed by atoms with Crippen LogP contribution in [-0.4, -0.2) is 13.4 Å². The number of nitrogen functional groups attached to an aromatic ring is 1. The topological polar surface area (TPSA) is 85.1 Å². The standard InChI is InChI=1S/C14H16FN3O2S/c1-9-5-12(16)6-13(14(9)15)21(19,20)18-8-11-3-4-17-7-10(11)2/h3-7,18H,8,16H2,1-2H3. The zero-order chi connectivity index (χ0) is 15.6. The first-order valence-corrected chi connectivity index (χ1v) is 7.74. The van der Waals surface area contributed by atoms with Gasteiger partial charge in [0.25, 0.3) is 0 Å². The van der Waals surface area contributed by atoms with E-state index in [-0.39, 0.29) is 17.8 Å². The van der Waals surface area contributed by atoms with E-state index in [2.05, 4.69) is 9.71 Å². The van der Waals surface area contributed by atoms with Crippen LogP contribution in [0.4, 0.5) is 10.1 Å². The van der Waals surface area contributed by atoms with E-state index in [1.807, 2.05) is 6.92 Å². The first-order valence-electron chi connectivity index (χ1n) is 6.26. The molecule has 0 radical (unpaired) electrons. The number of rotatable bonds is 4. The Morgan fingerprint density at radius 2 is 2.00 bits per heavy atom. The van der Waals surface area contributed by atoms with Gasteiger partial charge in [0.2, 0.25) is 10.0 Å². The van der Waals surface area contributed by atoms with Crippen LogP contribution in [0.25, 0.3) is 0 Å². The Kier molecular flexibility index (Phi) is 4.24. The van der Waals surface area contributed by atoms with Gasteiger partial charge >= 0.3 is 0 Å². The highest BCUT2D eigenvalue weighted by Crippen LogP contribution is 2.21. The molecule has 0 aliphatic heterocycles. The third-order valence-corrected chi connectivity index (χ3v) is 4.52. The maximum Gasteiger partial charge on any atom is 0.243 e. The van der Waals surface area contributed by atoms with Crippen molar-refractivity contribution in [1.29, 1.82) is 0 Å². The predicted octanol–water partition coefficient (Wildman–Crippen LogP) is 1.90. The Morgan fingerprint density at radius 3 is 2.67 bits per heavy atom. The average Bonchev–Trinajstić information content (AvgIpc) is 2.42. The van der Waals surface area contributed by atoms with Gasteiger partial charge in [-0.15, -0.1) is 0 Å². The number of aromatic nitrogens is 1. The number of nitrogens with two attached hydrogens (primary N) is 1. The monoisotopic (exact) mass is 309 g/mol. The van der Waals surface area contributed by atoms with Gasteiger partial charge in [0.15, 0.2) is 0 Å². The highest BCUT2D eigenvalue weighted by molar-refractivity contribution is 7.89. The molecule has 3 N–H and O–H groups in total. The van der Waals surface area contributed by atoms with Gasteiger partial charge in [-0.3, -0.25) is 4.98 Å². The molecule has 112 valence electrons. The predicted molar refractivity (Wildman–Crippen MR) is 78.5 cm³/mol. The van der Waals surface area contributed by atoms with Crippen molar-refractivity contribution in [2.45, 2.75) is 25.3 Å². The minimum atomic E-state index is -3.98. The summed E-state index contributed by atoms with van der Waals surface area (Å²) in [6, 6.07) is 4.21. The van der Waals surface area contributed by atoms with Gasteiger partial charge in [0, 0.05) is 24.6 Å². The zero-order valence-corrected chi connectivity index (χ0v) is 12.5. The van der Waals surface area contributed by atoms with Crippen molar-refractivity contribution in [1.82, 2.24) is 9.71 Å². The van der Waals surface area contributed by atoms with Gasteiger partial charge < -0.3 is 5.73 Å². The van der Waals surface area contributed by atoms with Gasteiger partial charge in [-0.25, -0.2) is 17.5 Å². The molecule has 0 spiro atoms. The minimum Gasteiger partial charge on any atom is -0.399 e. The van der Waals surface area contributed by atoms with Crippen LogP contribution in [0.5, 0.6) is 0 Å². The Labute approximate surface area is 123 Å². The Balaban J connectivity index is 2.30. The summed E-state index contributed by atoms with van der Waals surface area (Å²) in [6.07, 6.45) is 3.21. The van der Waals surface area contributed by atoms with Crippen molar-refractivity contribution in [2.75, 3.05) is 5.73 Å². The molecule has 0 aliphatic rings. The molecule has 0 atom stereocenters. The summed E-state index contributed by atoms with van der Waals surface area (Å²) in [5.74, 6) is -0.789. The fourth-order valence-corrected chi connectivity index (χ4v) is 3.10. The number of benzene rings is 1. The quantitative estimate of drug-likeness (QED) is 0.845. The van der Waals surface area contributed by atoms with Gasteiger partial charge in [-0.05, 0) is 48.7 Å². The van der Waals surface area contributed by atoms with E-state index in [0.29, 0.717) is 0 Å². The molecule has 0 saturated heterocycles. The second-order valence-electron chi connectivity index (χ2n) is 4.78. The number of aryl methyl sites for hydroxylation is 2. The normalized spacial score (nSPS) is 11.6. The molecule has 5 nitrogen and oxygen atoms in total. The molecular formula is C14H16FN3O2S. The molecule has 0 aliphatic carbocycles. The third-order valence-electron chi connectivity index (χ3n) is 3.12. The number of anilines is 1.